The molecule has 6 aliphatic heterocycles. The molecule has 1 saturated carbocycles. The van der Waals surface area contributed by atoms with Crippen molar-refractivity contribution in [2.24, 2.45) is 0 Å². The molecule has 0 aromatic rings. The van der Waals surface area contributed by atoms with Gasteiger partial charge >= 0.3 is 0 Å². The first-order valence-corrected chi connectivity index (χ1v) is 9.12. The molecular weight excluding hydrogens is 400 g/mol. The molecule has 0 N–H and O–H groups in total. The molecule has 0 radical (unpaired) electrons. The molecule has 0 aromatic carbocycles. The van der Waals surface area contributed by atoms with Crippen LogP contribution in [-0.2, 0) is 28.4 Å². The van der Waals surface area contributed by atoms with Gasteiger partial charge in [-0.25, -0.2) is 0 Å². The minimum atomic E-state index is -0.962. The summed E-state index contributed by atoms with van der Waals surface area (Å²) in [6.45, 7) is 0. The molecule has 8 bridgehead atoms. The summed E-state index contributed by atoms with van der Waals surface area (Å²) >= 11 is 6.83. The zero-order valence-corrected chi connectivity index (χ0v) is 13.7. The summed E-state index contributed by atoms with van der Waals surface area (Å²) in [5, 5.41) is 1.49. The molecule has 8 heteroatoms. The van der Waals surface area contributed by atoms with Crippen LogP contribution in [0.15, 0.2) is 0 Å². The fourth-order valence-electron chi connectivity index (χ4n) is 3.92. The van der Waals surface area contributed by atoms with Gasteiger partial charge in [-0.3, -0.25) is 0 Å². The Morgan fingerprint density at radius 2 is 0.800 bits per heavy atom. The minimum Gasteiger partial charge on any atom is -0.318 e. The maximum Gasteiger partial charge on any atom is 0.285 e. The predicted octanol–water partition coefficient (Wildman–Crippen LogP) is 1.24. The molecule has 0 aromatic heterocycles. The second-order valence-corrected chi connectivity index (χ2v) is 7.32. The third-order valence-electron chi connectivity index (χ3n) is 4.64. The molecule has 20 heavy (non-hydrogen) atoms. The van der Waals surface area contributed by atoms with Crippen LogP contribution < -0.4 is 0 Å². The molecule has 7 rings (SSSR count). The van der Waals surface area contributed by atoms with Crippen molar-refractivity contribution in [2.75, 3.05) is 10.7 Å². The summed E-state index contributed by atoms with van der Waals surface area (Å²) in [6, 6.07) is 0. The molecular formula is C12H14Br2O6. The second-order valence-electron chi connectivity index (χ2n) is 5.74. The summed E-state index contributed by atoms with van der Waals surface area (Å²) in [5.41, 5.74) is 0. The van der Waals surface area contributed by atoms with Gasteiger partial charge in [-0.2, -0.15) is 0 Å². The van der Waals surface area contributed by atoms with Gasteiger partial charge in [-0.1, -0.05) is 31.9 Å². The van der Waals surface area contributed by atoms with Crippen molar-refractivity contribution >= 4 is 31.9 Å². The third kappa shape index (κ3) is 1.49. The van der Waals surface area contributed by atoms with Gasteiger partial charge in [0.05, 0.1) is 0 Å². The normalized spacial score (nSPS) is 61.5. The van der Waals surface area contributed by atoms with Crippen LogP contribution >= 0.6 is 31.9 Å². The number of rotatable bonds is 4. The topological polar surface area (TPSA) is 55.4 Å². The van der Waals surface area contributed by atoms with Crippen LogP contribution in [0.2, 0.25) is 0 Å². The van der Waals surface area contributed by atoms with E-state index in [1.54, 1.807) is 0 Å². The van der Waals surface area contributed by atoms with Crippen molar-refractivity contribution in [1.29, 1.82) is 0 Å². The predicted molar refractivity (Wildman–Crippen MR) is 71.5 cm³/mol. The van der Waals surface area contributed by atoms with E-state index < -0.39 is 11.9 Å². The molecule has 7 aliphatic rings. The number of ether oxygens (including phenoxy) is 6. The molecule has 112 valence electrons. The number of alkyl halides is 2. The third-order valence-corrected chi connectivity index (χ3v) is 5.43. The first kappa shape index (κ1) is 13.2. The SMILES string of the molecule is BrCCC12OC3C4OC5(CCBr)OC3C(O1)C(O5)C4O2. The minimum absolute atomic E-state index is 0.129. The Hall–Kier alpha value is 0.720. The van der Waals surface area contributed by atoms with Crippen LogP contribution in [0.4, 0.5) is 0 Å². The first-order chi connectivity index (χ1) is 9.69. The lowest BCUT2D eigenvalue weighted by molar-refractivity contribution is -0.638. The van der Waals surface area contributed by atoms with Gasteiger partial charge in [-0.15, -0.1) is 0 Å². The summed E-state index contributed by atoms with van der Waals surface area (Å²) in [4.78, 5) is 0. The van der Waals surface area contributed by atoms with Crippen molar-refractivity contribution in [3.8, 4) is 0 Å². The zero-order valence-electron chi connectivity index (χ0n) is 10.5. The van der Waals surface area contributed by atoms with E-state index in [-0.39, 0.29) is 36.6 Å². The molecule has 0 amide bonds. The Bertz CT molecular complexity index is 343. The Kier molecular flexibility index (Phi) is 2.75. The lowest BCUT2D eigenvalue weighted by Gasteiger charge is -2.70. The van der Waals surface area contributed by atoms with Crippen LogP contribution in [0.1, 0.15) is 12.8 Å². The van der Waals surface area contributed by atoms with Crippen LogP contribution in [0.5, 0.6) is 0 Å². The van der Waals surface area contributed by atoms with E-state index in [0.717, 1.165) is 10.7 Å². The molecule has 0 atom stereocenters. The van der Waals surface area contributed by atoms with E-state index in [1.807, 2.05) is 0 Å². The average molecular weight is 414 g/mol. The number of hydrogen-bond donors (Lipinski definition) is 0. The Morgan fingerprint density at radius 1 is 0.550 bits per heavy atom. The van der Waals surface area contributed by atoms with E-state index in [9.17, 15) is 0 Å². The van der Waals surface area contributed by atoms with Gasteiger partial charge in [0.15, 0.2) is 0 Å². The van der Waals surface area contributed by atoms with Gasteiger partial charge in [-0.05, 0) is 0 Å². The lowest BCUT2D eigenvalue weighted by atomic mass is 9.79. The largest absolute Gasteiger partial charge is 0.318 e. The standard InChI is InChI=1S/C12H14Br2O6/c13-3-1-11-15-5-8-6(16-11)10-7(17-11)9(5)19-12(18-8,20-10)2-4-14/h5-10H,1-4H2. The van der Waals surface area contributed by atoms with Crippen molar-refractivity contribution in [3.63, 3.8) is 0 Å². The molecule has 7 fully saturated rings. The average Bonchev–Trinajstić information content (AvgIpc) is 2.44. The molecule has 6 heterocycles. The highest BCUT2D eigenvalue weighted by Gasteiger charge is 2.76. The van der Waals surface area contributed by atoms with Crippen molar-refractivity contribution in [3.05, 3.63) is 0 Å². The smallest absolute Gasteiger partial charge is 0.285 e. The van der Waals surface area contributed by atoms with Crippen LogP contribution in [0.3, 0.4) is 0 Å². The van der Waals surface area contributed by atoms with Gasteiger partial charge in [0, 0.05) is 23.5 Å². The summed E-state index contributed by atoms with van der Waals surface area (Å²) in [6.07, 6.45) is 0.491. The Morgan fingerprint density at radius 3 is 1.00 bits per heavy atom. The number of hydrogen-bond acceptors (Lipinski definition) is 6. The highest BCUT2D eigenvalue weighted by molar-refractivity contribution is 9.09. The maximum absolute atomic E-state index is 6.02. The van der Waals surface area contributed by atoms with Gasteiger partial charge in [0.1, 0.15) is 36.6 Å². The van der Waals surface area contributed by atoms with Crippen LogP contribution in [0.25, 0.3) is 0 Å². The van der Waals surface area contributed by atoms with Crippen molar-refractivity contribution < 1.29 is 28.4 Å². The van der Waals surface area contributed by atoms with Gasteiger partial charge in [0.25, 0.3) is 11.9 Å². The highest BCUT2D eigenvalue weighted by Crippen LogP contribution is 2.58. The second kappa shape index (κ2) is 4.17. The fraction of sp³-hybridized carbons (Fsp3) is 1.00. The fourth-order valence-corrected chi connectivity index (χ4v) is 4.89. The Labute approximate surface area is 132 Å². The quantitative estimate of drug-likeness (QED) is 0.646. The van der Waals surface area contributed by atoms with Crippen LogP contribution in [0, 0.1) is 0 Å². The maximum atomic E-state index is 6.02. The van der Waals surface area contributed by atoms with E-state index in [2.05, 4.69) is 31.9 Å². The molecule has 6 saturated heterocycles. The lowest BCUT2D eigenvalue weighted by Crippen LogP contribution is -2.87. The summed E-state index contributed by atoms with van der Waals surface area (Å²) in [7, 11) is 0. The first-order valence-electron chi connectivity index (χ1n) is 6.88. The molecule has 1 aliphatic carbocycles. The van der Waals surface area contributed by atoms with E-state index in [4.69, 9.17) is 28.4 Å². The summed E-state index contributed by atoms with van der Waals surface area (Å²) < 4.78 is 36.1. The zero-order chi connectivity index (χ0) is 13.5. The monoisotopic (exact) mass is 412 g/mol. The van der Waals surface area contributed by atoms with E-state index >= 15 is 0 Å². The van der Waals surface area contributed by atoms with E-state index in [1.165, 1.54) is 0 Å². The molecule has 6 nitrogen and oxygen atoms in total. The molecule has 0 unspecified atom stereocenters. The van der Waals surface area contributed by atoms with Crippen molar-refractivity contribution in [2.45, 2.75) is 61.4 Å². The van der Waals surface area contributed by atoms with Crippen LogP contribution in [-0.4, -0.2) is 59.2 Å². The van der Waals surface area contributed by atoms with Gasteiger partial charge in [0.2, 0.25) is 0 Å². The van der Waals surface area contributed by atoms with Gasteiger partial charge < -0.3 is 28.4 Å². The molecule has 0 spiro atoms. The van der Waals surface area contributed by atoms with E-state index in [0.29, 0.717) is 12.8 Å². The Balaban J connectivity index is 1.51. The number of halogens is 2. The highest BCUT2D eigenvalue weighted by atomic mass is 79.9. The summed E-state index contributed by atoms with van der Waals surface area (Å²) in [5.74, 6) is -1.92. The van der Waals surface area contributed by atoms with Crippen molar-refractivity contribution in [1.82, 2.24) is 0 Å².